The van der Waals surface area contributed by atoms with Crippen molar-refractivity contribution in [2.45, 2.75) is 31.2 Å². The molecule has 2 N–H and O–H groups in total. The number of carbonyl (C=O) groups excluding carboxylic acids is 1. The van der Waals surface area contributed by atoms with Gasteiger partial charge >= 0.3 is 12.1 Å². The molecule has 5 nitrogen and oxygen atoms in total. The molecule has 0 spiro atoms. The molecular formula is C15H14F3NO4. The van der Waals surface area contributed by atoms with Crippen LogP contribution in [0.3, 0.4) is 0 Å². The van der Waals surface area contributed by atoms with Crippen molar-refractivity contribution < 1.29 is 32.6 Å². The Morgan fingerprint density at radius 1 is 1.09 bits per heavy atom. The van der Waals surface area contributed by atoms with Crippen molar-refractivity contribution >= 4 is 17.6 Å². The van der Waals surface area contributed by atoms with E-state index in [2.05, 4.69) is 5.32 Å². The highest BCUT2D eigenvalue weighted by Gasteiger charge is 2.55. The quantitative estimate of drug-likeness (QED) is 0.893. The van der Waals surface area contributed by atoms with Gasteiger partial charge in [-0.2, -0.15) is 13.2 Å². The minimum absolute atomic E-state index is 0.190. The summed E-state index contributed by atoms with van der Waals surface area (Å²) in [4.78, 5) is 23.7. The van der Waals surface area contributed by atoms with Crippen molar-refractivity contribution in [1.29, 1.82) is 0 Å². The van der Waals surface area contributed by atoms with E-state index in [1.54, 1.807) is 0 Å². The second kappa shape index (κ2) is 5.52. The molecule has 124 valence electrons. The molecule has 0 saturated carbocycles. The van der Waals surface area contributed by atoms with Crippen molar-refractivity contribution in [3.05, 3.63) is 29.8 Å². The molecule has 23 heavy (non-hydrogen) atoms. The predicted octanol–water partition coefficient (Wildman–Crippen LogP) is 2.52. The highest BCUT2D eigenvalue weighted by molar-refractivity contribution is 5.96. The lowest BCUT2D eigenvalue weighted by atomic mass is 9.78. The summed E-state index contributed by atoms with van der Waals surface area (Å²) >= 11 is 0. The van der Waals surface area contributed by atoms with E-state index in [1.165, 1.54) is 0 Å². The number of benzene rings is 1. The Hall–Kier alpha value is -2.09. The van der Waals surface area contributed by atoms with E-state index < -0.39 is 47.7 Å². The smallest absolute Gasteiger partial charge is 0.416 e. The van der Waals surface area contributed by atoms with E-state index in [9.17, 15) is 27.9 Å². The number of carbonyl (C=O) groups is 2. The molecular weight excluding hydrogens is 315 g/mol. The zero-order chi connectivity index (χ0) is 16.8. The van der Waals surface area contributed by atoms with E-state index in [0.29, 0.717) is 12.8 Å². The van der Waals surface area contributed by atoms with E-state index in [-0.39, 0.29) is 5.69 Å². The molecule has 2 aliphatic rings. The van der Waals surface area contributed by atoms with Crippen molar-refractivity contribution in [2.75, 3.05) is 5.32 Å². The lowest BCUT2D eigenvalue weighted by Crippen LogP contribution is -2.40. The fourth-order valence-corrected chi connectivity index (χ4v) is 3.29. The largest absolute Gasteiger partial charge is 0.481 e. The second-order valence-electron chi connectivity index (χ2n) is 5.74. The van der Waals surface area contributed by atoms with Gasteiger partial charge in [-0.05, 0) is 37.1 Å². The van der Waals surface area contributed by atoms with E-state index in [1.807, 2.05) is 0 Å². The van der Waals surface area contributed by atoms with Crippen LogP contribution in [0.5, 0.6) is 0 Å². The minimum atomic E-state index is -4.45. The monoisotopic (exact) mass is 329 g/mol. The number of carboxylic acids is 1. The zero-order valence-electron chi connectivity index (χ0n) is 11.8. The molecule has 0 aromatic heterocycles. The van der Waals surface area contributed by atoms with Gasteiger partial charge in [0.25, 0.3) is 0 Å². The summed E-state index contributed by atoms with van der Waals surface area (Å²) in [6.45, 7) is 0. The fraction of sp³-hybridized carbons (Fsp3) is 0.467. The van der Waals surface area contributed by atoms with Gasteiger partial charge in [-0.3, -0.25) is 9.59 Å². The fourth-order valence-electron chi connectivity index (χ4n) is 3.29. The zero-order valence-corrected chi connectivity index (χ0v) is 11.8. The molecule has 2 fully saturated rings. The van der Waals surface area contributed by atoms with E-state index in [0.717, 1.165) is 24.3 Å². The van der Waals surface area contributed by atoms with Gasteiger partial charge in [0.2, 0.25) is 5.91 Å². The highest BCUT2D eigenvalue weighted by Crippen LogP contribution is 2.44. The first-order chi connectivity index (χ1) is 10.8. The number of nitrogens with one attached hydrogen (secondary N) is 1. The standard InChI is InChI=1S/C15H14F3NO4/c16-15(17,18)7-1-3-8(4-2-7)19-13(20)11-9-5-6-10(23-9)12(11)14(21)22/h1-4,9-12H,5-6H2,(H,19,20)(H,21,22). The Bertz CT molecular complexity index is 629. The van der Waals surface area contributed by atoms with Crippen LogP contribution in [0.1, 0.15) is 18.4 Å². The number of ether oxygens (including phenoxy) is 1. The summed E-state index contributed by atoms with van der Waals surface area (Å²) < 4.78 is 43.0. The lowest BCUT2D eigenvalue weighted by molar-refractivity contribution is -0.147. The number of aliphatic carboxylic acids is 1. The summed E-state index contributed by atoms with van der Waals surface area (Å²) in [5.74, 6) is -3.37. The van der Waals surface area contributed by atoms with Crippen LogP contribution in [0.15, 0.2) is 24.3 Å². The van der Waals surface area contributed by atoms with Crippen LogP contribution < -0.4 is 5.32 Å². The van der Waals surface area contributed by atoms with Crippen LogP contribution in [-0.2, 0) is 20.5 Å². The SMILES string of the molecule is O=C(O)C1C2CCC(O2)C1C(=O)Nc1ccc(C(F)(F)F)cc1. The van der Waals surface area contributed by atoms with Gasteiger partial charge < -0.3 is 15.2 Å². The molecule has 2 heterocycles. The number of carboxylic acid groups (broad SMARTS) is 1. The molecule has 1 aromatic rings. The number of alkyl halides is 3. The maximum absolute atomic E-state index is 12.5. The van der Waals surface area contributed by atoms with Crippen molar-refractivity contribution in [1.82, 2.24) is 0 Å². The summed E-state index contributed by atoms with van der Waals surface area (Å²) in [5.41, 5.74) is -0.628. The number of rotatable bonds is 3. The van der Waals surface area contributed by atoms with Crippen LogP contribution in [0, 0.1) is 11.8 Å². The van der Waals surface area contributed by atoms with Crippen LogP contribution in [0.2, 0.25) is 0 Å². The molecule has 4 unspecified atom stereocenters. The third-order valence-electron chi connectivity index (χ3n) is 4.34. The minimum Gasteiger partial charge on any atom is -0.481 e. The van der Waals surface area contributed by atoms with Gasteiger partial charge in [0.05, 0.1) is 29.6 Å². The van der Waals surface area contributed by atoms with Crippen LogP contribution >= 0.6 is 0 Å². The normalized spacial score (nSPS) is 29.5. The van der Waals surface area contributed by atoms with Gasteiger partial charge in [-0.1, -0.05) is 0 Å². The van der Waals surface area contributed by atoms with Crippen LogP contribution in [0.4, 0.5) is 18.9 Å². The molecule has 8 heteroatoms. The lowest BCUT2D eigenvalue weighted by Gasteiger charge is -2.23. The maximum Gasteiger partial charge on any atom is 0.416 e. The predicted molar refractivity (Wildman–Crippen MR) is 72.6 cm³/mol. The molecule has 3 rings (SSSR count). The summed E-state index contributed by atoms with van der Waals surface area (Å²) in [6, 6.07) is 4.01. The van der Waals surface area contributed by atoms with Gasteiger partial charge in [0.1, 0.15) is 0 Å². The summed E-state index contributed by atoms with van der Waals surface area (Å²) in [6.07, 6.45) is -4.16. The van der Waals surface area contributed by atoms with Gasteiger partial charge in [0.15, 0.2) is 0 Å². The first-order valence-corrected chi connectivity index (χ1v) is 7.14. The molecule has 2 saturated heterocycles. The highest BCUT2D eigenvalue weighted by atomic mass is 19.4. The number of hydrogen-bond acceptors (Lipinski definition) is 3. The third kappa shape index (κ3) is 2.90. The molecule has 1 aromatic carbocycles. The van der Waals surface area contributed by atoms with Crippen molar-refractivity contribution in [3.8, 4) is 0 Å². The molecule has 4 atom stereocenters. The van der Waals surface area contributed by atoms with E-state index in [4.69, 9.17) is 4.74 Å². The Morgan fingerprint density at radius 3 is 2.17 bits per heavy atom. The number of anilines is 1. The molecule has 2 aliphatic heterocycles. The van der Waals surface area contributed by atoms with Crippen molar-refractivity contribution in [2.24, 2.45) is 11.8 Å². The van der Waals surface area contributed by atoms with Crippen molar-refractivity contribution in [3.63, 3.8) is 0 Å². The number of halogens is 3. The Kier molecular flexibility index (Phi) is 3.79. The third-order valence-corrected chi connectivity index (χ3v) is 4.34. The average Bonchev–Trinajstić information content (AvgIpc) is 3.07. The van der Waals surface area contributed by atoms with E-state index >= 15 is 0 Å². The number of amides is 1. The van der Waals surface area contributed by atoms with Crippen LogP contribution in [-0.4, -0.2) is 29.2 Å². The van der Waals surface area contributed by atoms with Gasteiger partial charge in [0, 0.05) is 5.69 Å². The molecule has 1 amide bonds. The molecule has 0 aliphatic carbocycles. The molecule has 2 bridgehead atoms. The number of fused-ring (bicyclic) bond motifs is 2. The first kappa shape index (κ1) is 15.8. The Morgan fingerprint density at radius 2 is 1.65 bits per heavy atom. The summed E-state index contributed by atoms with van der Waals surface area (Å²) in [5, 5.41) is 11.7. The molecule has 0 radical (unpaired) electrons. The first-order valence-electron chi connectivity index (χ1n) is 7.14. The maximum atomic E-state index is 12.5. The topological polar surface area (TPSA) is 75.6 Å². The van der Waals surface area contributed by atoms with Gasteiger partial charge in [-0.15, -0.1) is 0 Å². The average molecular weight is 329 g/mol. The summed E-state index contributed by atoms with van der Waals surface area (Å²) in [7, 11) is 0. The second-order valence-corrected chi connectivity index (χ2v) is 5.74. The van der Waals surface area contributed by atoms with Crippen LogP contribution in [0.25, 0.3) is 0 Å². The number of hydrogen-bond donors (Lipinski definition) is 2. The Balaban J connectivity index is 1.73. The Labute approximate surface area is 129 Å². The van der Waals surface area contributed by atoms with Gasteiger partial charge in [-0.25, -0.2) is 0 Å².